The summed E-state index contributed by atoms with van der Waals surface area (Å²) in [4.78, 5) is 19.6. The van der Waals surface area contributed by atoms with Crippen LogP contribution >= 0.6 is 0 Å². The molecule has 0 unspecified atom stereocenters. The number of aromatic carboxylic acids is 1. The molecule has 0 amide bonds. The fourth-order valence-corrected chi connectivity index (χ4v) is 3.13. The molecule has 0 aliphatic rings. The van der Waals surface area contributed by atoms with Gasteiger partial charge in [-0.3, -0.25) is 5.43 Å². The van der Waals surface area contributed by atoms with E-state index in [2.05, 4.69) is 44.7 Å². The van der Waals surface area contributed by atoms with Crippen molar-refractivity contribution in [1.82, 2.24) is 19.7 Å². The van der Waals surface area contributed by atoms with Gasteiger partial charge in [0.25, 0.3) is 0 Å². The van der Waals surface area contributed by atoms with Crippen LogP contribution in [-0.4, -0.2) is 37.0 Å². The number of anilines is 1. The van der Waals surface area contributed by atoms with Gasteiger partial charge in [-0.25, -0.2) is 19.4 Å². The number of benzene rings is 2. The molecular formula is C22H20N6O2. The Balaban J connectivity index is 1.57. The zero-order valence-electron chi connectivity index (χ0n) is 16.4. The first-order chi connectivity index (χ1) is 14.7. The van der Waals surface area contributed by atoms with Crippen molar-refractivity contribution in [2.75, 3.05) is 5.43 Å². The maximum Gasteiger partial charge on any atom is 0.335 e. The van der Waals surface area contributed by atoms with E-state index in [1.807, 2.05) is 12.1 Å². The molecular weight excluding hydrogens is 380 g/mol. The SMILES string of the molecule is CCCc1cccc(-n2ncc3c(N/N=C/c4ccc(C(=O)O)cc4)ncnc32)c1. The van der Waals surface area contributed by atoms with Gasteiger partial charge in [-0.2, -0.15) is 10.2 Å². The number of carboxylic acid groups (broad SMARTS) is 1. The van der Waals surface area contributed by atoms with E-state index < -0.39 is 5.97 Å². The minimum atomic E-state index is -0.961. The van der Waals surface area contributed by atoms with Crippen LogP contribution < -0.4 is 5.43 Å². The Labute approximate surface area is 172 Å². The molecule has 2 N–H and O–H groups in total. The topological polar surface area (TPSA) is 105 Å². The van der Waals surface area contributed by atoms with Gasteiger partial charge in [0.2, 0.25) is 0 Å². The summed E-state index contributed by atoms with van der Waals surface area (Å²) in [6.45, 7) is 2.15. The molecule has 150 valence electrons. The highest BCUT2D eigenvalue weighted by Gasteiger charge is 2.11. The van der Waals surface area contributed by atoms with Crippen LogP contribution in [-0.2, 0) is 6.42 Å². The van der Waals surface area contributed by atoms with Gasteiger partial charge >= 0.3 is 5.97 Å². The maximum absolute atomic E-state index is 10.9. The van der Waals surface area contributed by atoms with Gasteiger partial charge in [0, 0.05) is 0 Å². The average Bonchev–Trinajstić information content (AvgIpc) is 3.20. The molecule has 0 bridgehead atoms. The standard InChI is InChI=1S/C22H20N6O2/c1-2-4-15-5-3-6-18(11-15)28-21-19(13-26-28)20(23-14-24-21)27-25-12-16-7-9-17(10-8-16)22(29)30/h3,5-14H,2,4H2,1H3,(H,29,30)(H,23,24,27)/b25-12+. The Morgan fingerprint density at radius 1 is 1.20 bits per heavy atom. The third kappa shape index (κ3) is 4.02. The Hall–Kier alpha value is -4.07. The van der Waals surface area contributed by atoms with E-state index in [0.29, 0.717) is 11.5 Å². The number of hydrazone groups is 1. The van der Waals surface area contributed by atoms with Crippen LogP contribution in [0.4, 0.5) is 5.82 Å². The Kier molecular flexibility index (Phi) is 5.47. The second-order valence-electron chi connectivity index (χ2n) is 6.73. The Morgan fingerprint density at radius 3 is 2.80 bits per heavy atom. The molecule has 4 aromatic rings. The van der Waals surface area contributed by atoms with Crippen molar-refractivity contribution >= 4 is 29.0 Å². The van der Waals surface area contributed by atoms with E-state index in [1.165, 1.54) is 24.0 Å². The van der Waals surface area contributed by atoms with Crippen molar-refractivity contribution in [3.63, 3.8) is 0 Å². The van der Waals surface area contributed by atoms with Crippen molar-refractivity contribution in [3.8, 4) is 5.69 Å². The van der Waals surface area contributed by atoms with Gasteiger partial charge in [-0.1, -0.05) is 37.6 Å². The van der Waals surface area contributed by atoms with Crippen LogP contribution in [0.15, 0.2) is 66.2 Å². The number of rotatable bonds is 7. The molecule has 0 saturated heterocycles. The summed E-state index contributed by atoms with van der Waals surface area (Å²) >= 11 is 0. The molecule has 0 fully saturated rings. The molecule has 2 heterocycles. The number of carbonyl (C=O) groups is 1. The minimum absolute atomic E-state index is 0.230. The second kappa shape index (κ2) is 8.52. The molecule has 8 nitrogen and oxygen atoms in total. The van der Waals surface area contributed by atoms with Crippen molar-refractivity contribution in [3.05, 3.63) is 77.7 Å². The molecule has 0 aliphatic heterocycles. The van der Waals surface area contributed by atoms with Crippen molar-refractivity contribution < 1.29 is 9.90 Å². The van der Waals surface area contributed by atoms with E-state index in [9.17, 15) is 4.79 Å². The third-order valence-corrected chi connectivity index (χ3v) is 4.60. The van der Waals surface area contributed by atoms with E-state index in [-0.39, 0.29) is 5.56 Å². The monoisotopic (exact) mass is 400 g/mol. The van der Waals surface area contributed by atoms with Crippen LogP contribution in [0.3, 0.4) is 0 Å². The van der Waals surface area contributed by atoms with Crippen LogP contribution in [0.25, 0.3) is 16.7 Å². The van der Waals surface area contributed by atoms with Crippen LogP contribution in [0, 0.1) is 0 Å². The van der Waals surface area contributed by atoms with Gasteiger partial charge in [0.1, 0.15) is 6.33 Å². The third-order valence-electron chi connectivity index (χ3n) is 4.60. The highest BCUT2D eigenvalue weighted by atomic mass is 16.4. The predicted molar refractivity (Wildman–Crippen MR) is 115 cm³/mol. The zero-order chi connectivity index (χ0) is 20.9. The summed E-state index contributed by atoms with van der Waals surface area (Å²) in [7, 11) is 0. The number of nitrogens with zero attached hydrogens (tertiary/aromatic N) is 5. The number of fused-ring (bicyclic) bond motifs is 1. The molecule has 4 rings (SSSR count). The zero-order valence-corrected chi connectivity index (χ0v) is 16.4. The molecule has 2 aromatic heterocycles. The molecule has 30 heavy (non-hydrogen) atoms. The number of hydrogen-bond donors (Lipinski definition) is 2. The first-order valence-electron chi connectivity index (χ1n) is 9.56. The normalized spacial score (nSPS) is 11.2. The second-order valence-corrected chi connectivity index (χ2v) is 6.73. The average molecular weight is 400 g/mol. The number of carboxylic acids is 1. The summed E-state index contributed by atoms with van der Waals surface area (Å²) in [6.07, 6.45) is 6.86. The van der Waals surface area contributed by atoms with Crippen LogP contribution in [0.2, 0.25) is 0 Å². The van der Waals surface area contributed by atoms with Gasteiger partial charge in [0.15, 0.2) is 11.5 Å². The lowest BCUT2D eigenvalue weighted by atomic mass is 10.1. The Morgan fingerprint density at radius 2 is 2.03 bits per heavy atom. The Bertz CT molecular complexity index is 1210. The summed E-state index contributed by atoms with van der Waals surface area (Å²) in [5.74, 6) is -0.424. The molecule has 0 radical (unpaired) electrons. The van der Waals surface area contributed by atoms with Crippen molar-refractivity contribution in [2.45, 2.75) is 19.8 Å². The van der Waals surface area contributed by atoms with E-state index in [1.54, 1.807) is 29.2 Å². The fraction of sp³-hybridized carbons (Fsp3) is 0.136. The first kappa shape index (κ1) is 19.3. The predicted octanol–water partition coefficient (Wildman–Crippen LogP) is 3.91. The number of hydrogen-bond acceptors (Lipinski definition) is 6. The van der Waals surface area contributed by atoms with E-state index in [0.717, 1.165) is 29.5 Å². The number of aromatic nitrogens is 4. The fourth-order valence-electron chi connectivity index (χ4n) is 3.13. The first-order valence-corrected chi connectivity index (χ1v) is 9.56. The molecule has 0 saturated carbocycles. The van der Waals surface area contributed by atoms with Gasteiger partial charge < -0.3 is 5.11 Å². The summed E-state index contributed by atoms with van der Waals surface area (Å²) < 4.78 is 1.79. The lowest BCUT2D eigenvalue weighted by molar-refractivity contribution is 0.0697. The number of nitrogens with one attached hydrogen (secondary N) is 1. The molecule has 0 aliphatic carbocycles. The quantitative estimate of drug-likeness (QED) is 0.360. The summed E-state index contributed by atoms with van der Waals surface area (Å²) in [5, 5.41) is 18.4. The van der Waals surface area contributed by atoms with Gasteiger partial charge in [0.05, 0.1) is 29.0 Å². The summed E-state index contributed by atoms with van der Waals surface area (Å²) in [6, 6.07) is 14.7. The van der Waals surface area contributed by atoms with Gasteiger partial charge in [-0.05, 0) is 41.8 Å². The largest absolute Gasteiger partial charge is 0.478 e. The lowest BCUT2D eigenvalue weighted by Gasteiger charge is -2.06. The molecule has 0 atom stereocenters. The minimum Gasteiger partial charge on any atom is -0.478 e. The number of aryl methyl sites for hydroxylation is 1. The van der Waals surface area contributed by atoms with E-state index in [4.69, 9.17) is 5.11 Å². The van der Waals surface area contributed by atoms with Crippen molar-refractivity contribution in [2.24, 2.45) is 5.10 Å². The summed E-state index contributed by atoms with van der Waals surface area (Å²) in [5.41, 5.74) is 6.80. The van der Waals surface area contributed by atoms with Gasteiger partial charge in [-0.15, -0.1) is 0 Å². The molecule has 0 spiro atoms. The van der Waals surface area contributed by atoms with Crippen molar-refractivity contribution in [1.29, 1.82) is 0 Å². The smallest absolute Gasteiger partial charge is 0.335 e. The lowest BCUT2D eigenvalue weighted by Crippen LogP contribution is -2.00. The highest BCUT2D eigenvalue weighted by molar-refractivity contribution is 5.90. The van der Waals surface area contributed by atoms with E-state index >= 15 is 0 Å². The van der Waals surface area contributed by atoms with Crippen LogP contribution in [0.5, 0.6) is 0 Å². The van der Waals surface area contributed by atoms with Crippen LogP contribution in [0.1, 0.15) is 34.8 Å². The molecule has 8 heteroatoms. The maximum atomic E-state index is 10.9. The molecule has 2 aromatic carbocycles. The highest BCUT2D eigenvalue weighted by Crippen LogP contribution is 2.22.